The number of benzene rings is 3. The van der Waals surface area contributed by atoms with Crippen molar-refractivity contribution in [1.29, 1.82) is 0 Å². The fraction of sp³-hybridized carbons (Fsp3) is 0.412. The number of carbonyl (C=O) groups is 2. The number of nitrogens with one attached hydrogen (secondary N) is 1. The zero-order valence-corrected chi connectivity index (χ0v) is 27.2. The normalized spacial score (nSPS) is 14.6. The van der Waals surface area contributed by atoms with E-state index in [0.717, 1.165) is 51.6 Å². The van der Waals surface area contributed by atoms with Crippen LogP contribution in [-0.4, -0.2) is 50.0 Å². The quantitative estimate of drug-likeness (QED) is 0.234. The summed E-state index contributed by atoms with van der Waals surface area (Å²) in [6.45, 7) is 5.56. The summed E-state index contributed by atoms with van der Waals surface area (Å²) in [6.07, 6.45) is 7.53. The van der Waals surface area contributed by atoms with Gasteiger partial charge in [-0.05, 0) is 81.3 Å². The Kier molecular flexibility index (Phi) is 11.3. The van der Waals surface area contributed by atoms with E-state index in [2.05, 4.69) is 5.32 Å². The summed E-state index contributed by atoms with van der Waals surface area (Å²) in [4.78, 5) is 30.6. The molecule has 0 spiro atoms. The van der Waals surface area contributed by atoms with Gasteiger partial charge in [-0.25, -0.2) is 8.42 Å². The highest BCUT2D eigenvalue weighted by Crippen LogP contribution is 2.27. The van der Waals surface area contributed by atoms with Crippen molar-refractivity contribution in [3.63, 3.8) is 0 Å². The Labute approximate surface area is 261 Å². The van der Waals surface area contributed by atoms with Crippen LogP contribution < -0.4 is 9.62 Å². The van der Waals surface area contributed by atoms with Crippen LogP contribution in [0.1, 0.15) is 62.1 Å². The van der Waals surface area contributed by atoms with Crippen molar-refractivity contribution in [3.05, 3.63) is 89.5 Å². The molecule has 43 heavy (non-hydrogen) atoms. The molecule has 0 radical (unpaired) electrons. The number of amides is 2. The second kappa shape index (κ2) is 14.9. The van der Waals surface area contributed by atoms with Gasteiger partial charge in [0.15, 0.2) is 0 Å². The van der Waals surface area contributed by atoms with Crippen LogP contribution in [0.2, 0.25) is 0 Å². The fourth-order valence-corrected chi connectivity index (χ4v) is 7.41. The number of carbonyl (C=O) groups excluding carboxylic acids is 2. The van der Waals surface area contributed by atoms with Gasteiger partial charge in [-0.1, -0.05) is 73.7 Å². The van der Waals surface area contributed by atoms with Gasteiger partial charge in [-0.3, -0.25) is 13.9 Å². The van der Waals surface area contributed by atoms with Crippen molar-refractivity contribution in [2.75, 3.05) is 17.1 Å². The monoisotopic (exact) mass is 621 g/mol. The van der Waals surface area contributed by atoms with Gasteiger partial charge in [-0.2, -0.15) is 0 Å². The first-order valence-electron chi connectivity index (χ1n) is 15.0. The molecule has 0 aliphatic heterocycles. The van der Waals surface area contributed by atoms with Gasteiger partial charge in [0.2, 0.25) is 11.8 Å². The molecular formula is C34H43N3O4S2. The molecule has 1 saturated carbocycles. The topological polar surface area (TPSA) is 86.8 Å². The van der Waals surface area contributed by atoms with Crippen LogP contribution in [0, 0.1) is 13.8 Å². The molecule has 2 amide bonds. The lowest BCUT2D eigenvalue weighted by molar-refractivity contribution is -0.140. The summed E-state index contributed by atoms with van der Waals surface area (Å²) >= 11 is 1.52. The standard InChI is InChI=1S/C34H43N3O4S2/c1-5-32(34(39)35-28-12-7-6-8-13-28)36(23-27-11-9-10-26(3)22-27)33(38)24-37(29-16-14-25(2)15-17-29)43(40,41)31-20-18-30(42-4)19-21-31/h9-11,14-22,28,32H,5-8,12-13,23-24H2,1-4H3,(H,35,39)/t32-/m0/s1. The minimum Gasteiger partial charge on any atom is -0.352 e. The van der Waals surface area contributed by atoms with E-state index >= 15 is 0 Å². The zero-order valence-electron chi connectivity index (χ0n) is 25.6. The van der Waals surface area contributed by atoms with Crippen LogP contribution in [-0.2, 0) is 26.2 Å². The number of rotatable bonds is 12. The van der Waals surface area contributed by atoms with Crippen molar-refractivity contribution >= 4 is 39.3 Å². The predicted octanol–water partition coefficient (Wildman–Crippen LogP) is 6.48. The van der Waals surface area contributed by atoms with Gasteiger partial charge in [0.25, 0.3) is 10.0 Å². The second-order valence-corrected chi connectivity index (χ2v) is 14.0. The number of aryl methyl sites for hydroxylation is 2. The minimum absolute atomic E-state index is 0.0971. The lowest BCUT2D eigenvalue weighted by Crippen LogP contribution is -2.54. The van der Waals surface area contributed by atoms with Gasteiger partial charge in [0.1, 0.15) is 12.6 Å². The van der Waals surface area contributed by atoms with Crippen molar-refractivity contribution in [2.24, 2.45) is 0 Å². The molecule has 9 heteroatoms. The van der Waals surface area contributed by atoms with E-state index in [1.54, 1.807) is 41.3 Å². The van der Waals surface area contributed by atoms with Gasteiger partial charge in [0, 0.05) is 17.5 Å². The maximum atomic E-state index is 14.3. The van der Waals surface area contributed by atoms with E-state index in [-0.39, 0.29) is 23.4 Å². The number of anilines is 1. The molecule has 3 aromatic carbocycles. The predicted molar refractivity (Wildman–Crippen MR) is 175 cm³/mol. The molecule has 0 unspecified atom stereocenters. The van der Waals surface area contributed by atoms with E-state index < -0.39 is 28.5 Å². The third-order valence-corrected chi connectivity index (χ3v) is 10.6. The lowest BCUT2D eigenvalue weighted by atomic mass is 9.95. The molecule has 4 rings (SSSR count). The maximum absolute atomic E-state index is 14.3. The Morgan fingerprint density at radius 3 is 2.21 bits per heavy atom. The zero-order chi connectivity index (χ0) is 31.0. The van der Waals surface area contributed by atoms with E-state index in [9.17, 15) is 18.0 Å². The molecule has 1 aliphatic carbocycles. The Hall–Kier alpha value is -3.30. The first kappa shape index (κ1) is 32.6. The fourth-order valence-electron chi connectivity index (χ4n) is 5.59. The first-order chi connectivity index (χ1) is 20.6. The van der Waals surface area contributed by atoms with Gasteiger partial charge >= 0.3 is 0 Å². The molecule has 1 aliphatic rings. The average molecular weight is 622 g/mol. The van der Waals surface area contributed by atoms with Crippen molar-refractivity contribution in [3.8, 4) is 0 Å². The summed E-state index contributed by atoms with van der Waals surface area (Å²) in [6, 6.07) is 21.0. The Bertz CT molecular complexity index is 1480. The molecule has 0 heterocycles. The summed E-state index contributed by atoms with van der Waals surface area (Å²) in [5.74, 6) is -0.621. The Morgan fingerprint density at radius 2 is 1.60 bits per heavy atom. The van der Waals surface area contributed by atoms with Gasteiger partial charge < -0.3 is 10.2 Å². The van der Waals surface area contributed by atoms with Crippen LogP contribution in [0.15, 0.2) is 82.6 Å². The molecule has 230 valence electrons. The lowest BCUT2D eigenvalue weighted by Gasteiger charge is -2.34. The molecule has 1 N–H and O–H groups in total. The Balaban J connectivity index is 1.70. The minimum atomic E-state index is -4.10. The number of thioether (sulfide) groups is 1. The van der Waals surface area contributed by atoms with Crippen LogP contribution >= 0.6 is 11.8 Å². The molecule has 0 bridgehead atoms. The van der Waals surface area contributed by atoms with E-state index in [1.807, 2.05) is 63.4 Å². The van der Waals surface area contributed by atoms with Crippen LogP contribution in [0.5, 0.6) is 0 Å². The largest absolute Gasteiger partial charge is 0.352 e. The molecule has 3 aromatic rings. The van der Waals surface area contributed by atoms with E-state index in [1.165, 1.54) is 18.2 Å². The SMILES string of the molecule is CC[C@@H](C(=O)NC1CCCCC1)N(Cc1cccc(C)c1)C(=O)CN(c1ccc(C)cc1)S(=O)(=O)c1ccc(SC)cc1. The van der Waals surface area contributed by atoms with E-state index in [4.69, 9.17) is 0 Å². The summed E-state index contributed by atoms with van der Waals surface area (Å²) in [5, 5.41) is 3.19. The third-order valence-electron chi connectivity index (χ3n) is 8.02. The summed E-state index contributed by atoms with van der Waals surface area (Å²) < 4.78 is 29.3. The molecule has 1 atom stereocenters. The highest BCUT2D eigenvalue weighted by atomic mass is 32.2. The first-order valence-corrected chi connectivity index (χ1v) is 17.7. The molecular weight excluding hydrogens is 579 g/mol. The van der Waals surface area contributed by atoms with Crippen LogP contribution in [0.3, 0.4) is 0 Å². The number of sulfonamides is 1. The molecule has 7 nitrogen and oxygen atoms in total. The highest BCUT2D eigenvalue weighted by Gasteiger charge is 2.34. The number of hydrogen-bond acceptors (Lipinski definition) is 5. The Morgan fingerprint density at radius 1 is 0.930 bits per heavy atom. The summed E-state index contributed by atoms with van der Waals surface area (Å²) in [7, 11) is -4.10. The van der Waals surface area contributed by atoms with E-state index in [0.29, 0.717) is 12.1 Å². The third kappa shape index (κ3) is 8.42. The molecule has 0 aromatic heterocycles. The number of hydrogen-bond donors (Lipinski definition) is 1. The number of nitrogens with zero attached hydrogens (tertiary/aromatic N) is 2. The average Bonchev–Trinajstić information content (AvgIpc) is 3.00. The highest BCUT2D eigenvalue weighted by molar-refractivity contribution is 7.98. The van der Waals surface area contributed by atoms with Gasteiger partial charge in [-0.15, -0.1) is 11.8 Å². The smallest absolute Gasteiger partial charge is 0.264 e. The molecule has 0 saturated heterocycles. The maximum Gasteiger partial charge on any atom is 0.264 e. The van der Waals surface area contributed by atoms with Crippen molar-refractivity contribution in [2.45, 2.75) is 87.7 Å². The summed E-state index contributed by atoms with van der Waals surface area (Å²) in [5.41, 5.74) is 3.29. The second-order valence-electron chi connectivity index (χ2n) is 11.3. The molecule has 1 fully saturated rings. The van der Waals surface area contributed by atoms with Gasteiger partial charge in [0.05, 0.1) is 10.6 Å². The van der Waals surface area contributed by atoms with Crippen molar-refractivity contribution < 1.29 is 18.0 Å². The van der Waals surface area contributed by atoms with Crippen LogP contribution in [0.25, 0.3) is 0 Å². The van der Waals surface area contributed by atoms with Crippen LogP contribution in [0.4, 0.5) is 5.69 Å². The van der Waals surface area contributed by atoms with Crippen molar-refractivity contribution in [1.82, 2.24) is 10.2 Å².